The summed E-state index contributed by atoms with van der Waals surface area (Å²) >= 11 is 0. The summed E-state index contributed by atoms with van der Waals surface area (Å²) in [7, 11) is 3.02. The quantitative estimate of drug-likeness (QED) is 0.674. The number of aromatic nitrogens is 2. The summed E-state index contributed by atoms with van der Waals surface area (Å²) in [6, 6.07) is 1.62. The van der Waals surface area contributed by atoms with E-state index in [1.165, 1.54) is 7.11 Å². The SMILES string of the molecule is COC(=O)c1cc(CC(C)(N)CO)n(C)n1. The number of carbonyl (C=O) groups excluding carboxylic acids is 1. The number of ether oxygens (including phenoxy) is 1. The van der Waals surface area contributed by atoms with E-state index < -0.39 is 11.5 Å². The summed E-state index contributed by atoms with van der Waals surface area (Å²) in [6.07, 6.45) is 0.435. The number of esters is 1. The molecule has 3 N–H and O–H groups in total. The standard InChI is InChI=1S/C10H17N3O3/c1-10(11,6-14)5-7-4-8(9(15)16-3)12-13(7)2/h4,14H,5-6,11H2,1-3H3. The molecule has 0 aliphatic rings. The fourth-order valence-corrected chi connectivity index (χ4v) is 1.35. The van der Waals surface area contributed by atoms with Crippen LogP contribution in [-0.4, -0.2) is 40.1 Å². The molecule has 0 saturated carbocycles. The van der Waals surface area contributed by atoms with Gasteiger partial charge in [0.25, 0.3) is 0 Å². The normalized spacial score (nSPS) is 14.6. The molecule has 90 valence electrons. The van der Waals surface area contributed by atoms with E-state index >= 15 is 0 Å². The third kappa shape index (κ3) is 2.80. The summed E-state index contributed by atoms with van der Waals surface area (Å²) < 4.78 is 6.13. The van der Waals surface area contributed by atoms with Crippen LogP contribution in [0.5, 0.6) is 0 Å². The third-order valence-electron chi connectivity index (χ3n) is 2.32. The van der Waals surface area contributed by atoms with Crippen molar-refractivity contribution in [2.75, 3.05) is 13.7 Å². The maximum absolute atomic E-state index is 11.2. The predicted octanol–water partition coefficient (Wildman–Crippen LogP) is -0.541. The molecule has 1 aromatic rings. The van der Waals surface area contributed by atoms with Crippen molar-refractivity contribution in [3.63, 3.8) is 0 Å². The number of nitrogens with zero attached hydrogens (tertiary/aromatic N) is 2. The van der Waals surface area contributed by atoms with Gasteiger partial charge in [0.1, 0.15) is 0 Å². The van der Waals surface area contributed by atoms with Crippen LogP contribution >= 0.6 is 0 Å². The van der Waals surface area contributed by atoms with Gasteiger partial charge >= 0.3 is 5.97 Å². The van der Waals surface area contributed by atoms with Crippen LogP contribution < -0.4 is 5.73 Å². The Morgan fingerprint density at radius 3 is 2.88 bits per heavy atom. The van der Waals surface area contributed by atoms with Gasteiger partial charge in [-0.3, -0.25) is 4.68 Å². The Bertz CT molecular complexity index is 385. The second-order valence-corrected chi connectivity index (χ2v) is 4.13. The average Bonchev–Trinajstić information content (AvgIpc) is 2.58. The number of aliphatic hydroxyl groups excluding tert-OH is 1. The second kappa shape index (κ2) is 4.63. The molecule has 1 heterocycles. The van der Waals surface area contributed by atoms with E-state index in [1.54, 1.807) is 24.7 Å². The van der Waals surface area contributed by atoms with Crippen molar-refractivity contribution in [2.45, 2.75) is 18.9 Å². The van der Waals surface area contributed by atoms with Gasteiger partial charge in [0, 0.05) is 24.7 Å². The van der Waals surface area contributed by atoms with Gasteiger partial charge in [0.2, 0.25) is 0 Å². The smallest absolute Gasteiger partial charge is 0.358 e. The fraction of sp³-hybridized carbons (Fsp3) is 0.600. The zero-order valence-corrected chi connectivity index (χ0v) is 9.73. The summed E-state index contributed by atoms with van der Waals surface area (Å²) in [6.45, 7) is 1.60. The van der Waals surface area contributed by atoms with Gasteiger partial charge in [0.05, 0.1) is 13.7 Å². The number of rotatable bonds is 4. The first kappa shape index (κ1) is 12.7. The zero-order valence-electron chi connectivity index (χ0n) is 9.73. The van der Waals surface area contributed by atoms with Crippen molar-refractivity contribution >= 4 is 5.97 Å². The lowest BCUT2D eigenvalue weighted by Crippen LogP contribution is -2.42. The molecular formula is C10H17N3O3. The van der Waals surface area contributed by atoms with E-state index in [2.05, 4.69) is 9.84 Å². The maximum Gasteiger partial charge on any atom is 0.358 e. The molecule has 6 heteroatoms. The van der Waals surface area contributed by atoms with Crippen LogP contribution in [-0.2, 0) is 18.2 Å². The monoisotopic (exact) mass is 227 g/mol. The van der Waals surface area contributed by atoms with Gasteiger partial charge < -0.3 is 15.6 Å². The number of methoxy groups -OCH3 is 1. The number of hydrogen-bond acceptors (Lipinski definition) is 5. The van der Waals surface area contributed by atoms with Crippen LogP contribution in [0.15, 0.2) is 6.07 Å². The molecule has 1 unspecified atom stereocenters. The van der Waals surface area contributed by atoms with E-state index in [0.717, 1.165) is 5.69 Å². The van der Waals surface area contributed by atoms with Gasteiger partial charge in [-0.1, -0.05) is 0 Å². The second-order valence-electron chi connectivity index (χ2n) is 4.13. The van der Waals surface area contributed by atoms with E-state index in [1.807, 2.05) is 0 Å². The number of carbonyl (C=O) groups is 1. The summed E-state index contributed by atoms with van der Waals surface area (Å²) in [4.78, 5) is 11.2. The van der Waals surface area contributed by atoms with Crippen molar-refractivity contribution in [3.05, 3.63) is 17.5 Å². The molecule has 0 amide bonds. The third-order valence-corrected chi connectivity index (χ3v) is 2.32. The van der Waals surface area contributed by atoms with Crippen LogP contribution in [0.3, 0.4) is 0 Å². The van der Waals surface area contributed by atoms with Crippen molar-refractivity contribution in [3.8, 4) is 0 Å². The Labute approximate surface area is 94.0 Å². The topological polar surface area (TPSA) is 90.4 Å². The highest BCUT2D eigenvalue weighted by atomic mass is 16.5. The Morgan fingerprint density at radius 2 is 2.38 bits per heavy atom. The van der Waals surface area contributed by atoms with Gasteiger partial charge in [0.15, 0.2) is 5.69 Å². The number of aryl methyl sites for hydroxylation is 1. The Morgan fingerprint density at radius 1 is 1.75 bits per heavy atom. The maximum atomic E-state index is 11.2. The predicted molar refractivity (Wildman–Crippen MR) is 57.9 cm³/mol. The minimum Gasteiger partial charge on any atom is -0.464 e. The lowest BCUT2D eigenvalue weighted by Gasteiger charge is -2.21. The van der Waals surface area contributed by atoms with E-state index in [0.29, 0.717) is 6.42 Å². The minimum atomic E-state index is -0.721. The molecule has 0 radical (unpaired) electrons. The van der Waals surface area contributed by atoms with Crippen molar-refractivity contribution in [1.29, 1.82) is 0 Å². The lowest BCUT2D eigenvalue weighted by molar-refractivity contribution is 0.0593. The average molecular weight is 227 g/mol. The first-order valence-electron chi connectivity index (χ1n) is 4.90. The molecule has 0 bridgehead atoms. The van der Waals surface area contributed by atoms with Crippen molar-refractivity contribution < 1.29 is 14.6 Å². The highest BCUT2D eigenvalue weighted by Gasteiger charge is 2.21. The van der Waals surface area contributed by atoms with Crippen LogP contribution in [0.2, 0.25) is 0 Å². The Balaban J connectivity index is 2.90. The molecule has 16 heavy (non-hydrogen) atoms. The van der Waals surface area contributed by atoms with E-state index in [4.69, 9.17) is 10.8 Å². The molecule has 1 atom stereocenters. The number of nitrogens with two attached hydrogens (primary N) is 1. The minimum absolute atomic E-state index is 0.133. The van der Waals surface area contributed by atoms with Crippen molar-refractivity contribution in [1.82, 2.24) is 9.78 Å². The highest BCUT2D eigenvalue weighted by molar-refractivity contribution is 5.87. The molecule has 6 nitrogen and oxygen atoms in total. The molecule has 0 aliphatic carbocycles. The van der Waals surface area contributed by atoms with Crippen LogP contribution in [0, 0.1) is 0 Å². The highest BCUT2D eigenvalue weighted by Crippen LogP contribution is 2.11. The molecule has 0 saturated heterocycles. The summed E-state index contributed by atoms with van der Waals surface area (Å²) in [5, 5.41) is 13.1. The Kier molecular flexibility index (Phi) is 3.66. The number of aliphatic hydroxyl groups is 1. The molecule has 1 aromatic heterocycles. The molecule has 0 spiro atoms. The van der Waals surface area contributed by atoms with Gasteiger partial charge in [-0.05, 0) is 13.0 Å². The van der Waals surface area contributed by atoms with Gasteiger partial charge in [-0.15, -0.1) is 0 Å². The number of hydrogen-bond donors (Lipinski definition) is 2. The Hall–Kier alpha value is -1.40. The summed E-state index contributed by atoms with van der Waals surface area (Å²) in [5.74, 6) is -0.482. The van der Waals surface area contributed by atoms with Crippen LogP contribution in [0.4, 0.5) is 0 Å². The molecule has 1 rings (SSSR count). The molecule has 0 fully saturated rings. The van der Waals surface area contributed by atoms with E-state index in [9.17, 15) is 4.79 Å². The molecule has 0 aliphatic heterocycles. The first-order chi connectivity index (χ1) is 7.39. The van der Waals surface area contributed by atoms with Crippen molar-refractivity contribution in [2.24, 2.45) is 12.8 Å². The molecule has 0 aromatic carbocycles. The van der Waals surface area contributed by atoms with Gasteiger partial charge in [-0.25, -0.2) is 4.79 Å². The van der Waals surface area contributed by atoms with Crippen LogP contribution in [0.25, 0.3) is 0 Å². The molecular weight excluding hydrogens is 210 g/mol. The summed E-state index contributed by atoms with van der Waals surface area (Å²) in [5.41, 5.74) is 6.13. The lowest BCUT2D eigenvalue weighted by atomic mass is 9.98. The van der Waals surface area contributed by atoms with Crippen LogP contribution in [0.1, 0.15) is 23.1 Å². The van der Waals surface area contributed by atoms with E-state index in [-0.39, 0.29) is 12.3 Å². The fourth-order valence-electron chi connectivity index (χ4n) is 1.35. The zero-order chi connectivity index (χ0) is 12.3. The van der Waals surface area contributed by atoms with Gasteiger partial charge in [-0.2, -0.15) is 5.10 Å². The first-order valence-corrected chi connectivity index (χ1v) is 4.90. The largest absolute Gasteiger partial charge is 0.464 e.